The number of H-pyrrole nitrogens is 1. The molecule has 1 aromatic heterocycles. The third kappa shape index (κ3) is 8.26. The molecule has 7 N–H and O–H groups in total. The summed E-state index contributed by atoms with van der Waals surface area (Å²) >= 11 is 1.53. The second-order valence-corrected chi connectivity index (χ2v) is 11.8. The van der Waals surface area contributed by atoms with Crippen LogP contribution in [0.15, 0.2) is 54.7 Å². The number of hydrogen-bond acceptors (Lipinski definition) is 6. The van der Waals surface area contributed by atoms with Crippen LogP contribution in [-0.2, 0) is 27.2 Å². The van der Waals surface area contributed by atoms with Crippen LogP contribution < -0.4 is 16.4 Å². The second kappa shape index (κ2) is 12.2. The van der Waals surface area contributed by atoms with E-state index in [2.05, 4.69) is 15.6 Å². The largest absolute Gasteiger partial charge is 0.508 e. The molecule has 0 aliphatic carbocycles. The topological polar surface area (TPSA) is 158 Å². The van der Waals surface area contributed by atoms with Crippen molar-refractivity contribution in [3.05, 3.63) is 65.9 Å². The molecule has 2 aromatic carbocycles. The highest BCUT2D eigenvalue weighted by atomic mass is 32.2. The van der Waals surface area contributed by atoms with Crippen LogP contribution in [-0.4, -0.2) is 61.6 Å². The molecule has 1 heterocycles. The summed E-state index contributed by atoms with van der Waals surface area (Å²) in [5.41, 5.74) is 8.38. The van der Waals surface area contributed by atoms with Gasteiger partial charge in [-0.15, -0.1) is 0 Å². The summed E-state index contributed by atoms with van der Waals surface area (Å²) in [6.07, 6.45) is 1.89. The fraction of sp³-hybridized carbons (Fsp3) is 0.370. The van der Waals surface area contributed by atoms with Crippen LogP contribution in [0.4, 0.5) is 0 Å². The number of nitrogens with one attached hydrogen (secondary N) is 3. The zero-order valence-electron chi connectivity index (χ0n) is 21.2. The van der Waals surface area contributed by atoms with Gasteiger partial charge in [-0.2, -0.15) is 11.8 Å². The zero-order chi connectivity index (χ0) is 27.2. The van der Waals surface area contributed by atoms with Crippen molar-refractivity contribution in [3.8, 4) is 5.75 Å². The first-order chi connectivity index (χ1) is 17.4. The molecule has 2 amide bonds. The number of aromatic hydroxyl groups is 1. The number of aromatic nitrogens is 1. The molecule has 3 aromatic rings. The van der Waals surface area contributed by atoms with Gasteiger partial charge in [0.25, 0.3) is 0 Å². The van der Waals surface area contributed by atoms with Crippen molar-refractivity contribution < 1.29 is 24.6 Å². The molecule has 198 valence electrons. The number of carboxylic acid groups (broad SMARTS) is 1. The minimum Gasteiger partial charge on any atom is -0.508 e. The Bertz CT molecular complexity index is 1240. The van der Waals surface area contributed by atoms with Crippen LogP contribution in [0.1, 0.15) is 31.9 Å². The minimum atomic E-state index is -1.21. The highest BCUT2D eigenvalue weighted by Gasteiger charge is 2.29. The van der Waals surface area contributed by atoms with Gasteiger partial charge < -0.3 is 31.6 Å². The quantitative estimate of drug-likeness (QED) is 0.224. The Balaban J connectivity index is 1.76. The van der Waals surface area contributed by atoms with Crippen molar-refractivity contribution in [2.75, 3.05) is 5.75 Å². The van der Waals surface area contributed by atoms with E-state index in [-0.39, 0.29) is 23.3 Å². The normalized spacial score (nSPS) is 14.1. The summed E-state index contributed by atoms with van der Waals surface area (Å²) in [5.74, 6) is -1.89. The maximum absolute atomic E-state index is 13.3. The summed E-state index contributed by atoms with van der Waals surface area (Å²) in [7, 11) is 0. The van der Waals surface area contributed by atoms with E-state index in [9.17, 15) is 24.6 Å². The van der Waals surface area contributed by atoms with Crippen molar-refractivity contribution >= 4 is 40.4 Å². The number of amides is 2. The standard InChI is InChI=1S/C27H34N4O5S/c1-27(2,3)37-15-20(28)24(33)30-22(12-16-8-10-18(32)11-9-16)25(34)31-23(26(35)36)13-17-14-29-21-7-5-4-6-19(17)21/h4-11,14,20,22-23,29,32H,12-13,15,28H2,1-3H3,(H,30,33)(H,31,34)(H,35,36). The summed E-state index contributed by atoms with van der Waals surface area (Å²) in [6, 6.07) is 10.6. The lowest BCUT2D eigenvalue weighted by atomic mass is 10.0. The summed E-state index contributed by atoms with van der Waals surface area (Å²) in [6.45, 7) is 6.05. The van der Waals surface area contributed by atoms with Gasteiger partial charge in [0.15, 0.2) is 0 Å². The van der Waals surface area contributed by atoms with Gasteiger partial charge in [-0.25, -0.2) is 4.79 Å². The molecule has 0 saturated heterocycles. The van der Waals surface area contributed by atoms with E-state index in [1.54, 1.807) is 18.3 Å². The van der Waals surface area contributed by atoms with Gasteiger partial charge >= 0.3 is 5.97 Å². The number of hydrogen-bond donors (Lipinski definition) is 6. The molecule has 0 fully saturated rings. The molecular formula is C27H34N4O5S. The minimum absolute atomic E-state index is 0.0622. The Morgan fingerprint density at radius 1 is 0.973 bits per heavy atom. The third-order valence-electron chi connectivity index (χ3n) is 5.76. The molecule has 3 unspecified atom stereocenters. The van der Waals surface area contributed by atoms with E-state index < -0.39 is 35.9 Å². The fourth-order valence-corrected chi connectivity index (χ4v) is 4.59. The molecule has 3 rings (SSSR count). The van der Waals surface area contributed by atoms with Crippen molar-refractivity contribution in [3.63, 3.8) is 0 Å². The number of carbonyl (C=O) groups is 3. The highest BCUT2D eigenvalue weighted by Crippen LogP contribution is 2.23. The predicted molar refractivity (Wildman–Crippen MR) is 145 cm³/mol. The lowest BCUT2D eigenvalue weighted by Crippen LogP contribution is -2.56. The summed E-state index contributed by atoms with van der Waals surface area (Å²) < 4.78 is -0.0855. The van der Waals surface area contributed by atoms with Crippen LogP contribution >= 0.6 is 11.8 Å². The van der Waals surface area contributed by atoms with Crippen molar-refractivity contribution in [1.82, 2.24) is 15.6 Å². The lowest BCUT2D eigenvalue weighted by molar-refractivity contribution is -0.142. The van der Waals surface area contributed by atoms with Crippen LogP contribution in [0.2, 0.25) is 0 Å². The number of aromatic amines is 1. The Morgan fingerprint density at radius 3 is 2.27 bits per heavy atom. The number of fused-ring (bicyclic) bond motifs is 1. The SMILES string of the molecule is CC(C)(C)SCC(N)C(=O)NC(Cc1ccc(O)cc1)C(=O)NC(Cc1c[nH]c2ccccc12)C(=O)O. The number of benzene rings is 2. The van der Waals surface area contributed by atoms with Crippen LogP contribution in [0, 0.1) is 0 Å². The average Bonchev–Trinajstić information content (AvgIpc) is 3.25. The molecule has 3 atom stereocenters. The molecule has 0 aliphatic heterocycles. The van der Waals surface area contributed by atoms with E-state index >= 15 is 0 Å². The molecule has 37 heavy (non-hydrogen) atoms. The van der Waals surface area contributed by atoms with Gasteiger partial charge in [0.05, 0.1) is 6.04 Å². The number of para-hydroxylation sites is 1. The van der Waals surface area contributed by atoms with Crippen LogP contribution in [0.5, 0.6) is 5.75 Å². The predicted octanol–water partition coefficient (Wildman–Crippen LogP) is 2.57. The van der Waals surface area contributed by atoms with E-state index in [0.717, 1.165) is 16.5 Å². The van der Waals surface area contributed by atoms with Gasteiger partial charge in [-0.3, -0.25) is 9.59 Å². The van der Waals surface area contributed by atoms with E-state index in [0.29, 0.717) is 11.3 Å². The first kappa shape index (κ1) is 28.1. The summed E-state index contributed by atoms with van der Waals surface area (Å²) in [5, 5.41) is 25.6. The molecule has 9 nitrogen and oxygen atoms in total. The number of aliphatic carboxylic acids is 1. The molecule has 0 bridgehead atoms. The van der Waals surface area contributed by atoms with E-state index in [1.165, 1.54) is 23.9 Å². The number of carbonyl (C=O) groups excluding carboxylic acids is 2. The van der Waals surface area contributed by atoms with Crippen LogP contribution in [0.3, 0.4) is 0 Å². The molecule has 0 aliphatic rings. The van der Waals surface area contributed by atoms with Crippen molar-refractivity contribution in [1.29, 1.82) is 0 Å². The maximum Gasteiger partial charge on any atom is 0.326 e. The second-order valence-electron chi connectivity index (χ2n) is 9.92. The van der Waals surface area contributed by atoms with Gasteiger partial charge in [-0.1, -0.05) is 51.1 Å². The smallest absolute Gasteiger partial charge is 0.326 e. The molecule has 0 spiro atoms. The number of thioether (sulfide) groups is 1. The third-order valence-corrected chi connectivity index (χ3v) is 7.15. The number of phenolic OH excluding ortho intramolecular Hbond substituents is 1. The summed E-state index contributed by atoms with van der Waals surface area (Å²) in [4.78, 5) is 41.3. The van der Waals surface area contributed by atoms with Crippen molar-refractivity contribution in [2.45, 2.75) is 56.5 Å². The van der Waals surface area contributed by atoms with Gasteiger partial charge in [0, 0.05) is 40.4 Å². The Kier molecular flexibility index (Phi) is 9.23. The fourth-order valence-electron chi connectivity index (χ4n) is 3.76. The van der Waals surface area contributed by atoms with E-state index in [4.69, 9.17) is 5.73 Å². The highest BCUT2D eigenvalue weighted by molar-refractivity contribution is 8.00. The van der Waals surface area contributed by atoms with Crippen molar-refractivity contribution in [2.24, 2.45) is 5.73 Å². The Hall–Kier alpha value is -3.50. The first-order valence-corrected chi connectivity index (χ1v) is 13.0. The monoisotopic (exact) mass is 526 g/mol. The maximum atomic E-state index is 13.3. The number of phenols is 1. The van der Waals surface area contributed by atoms with Crippen LogP contribution in [0.25, 0.3) is 10.9 Å². The lowest BCUT2D eigenvalue weighted by Gasteiger charge is -2.24. The van der Waals surface area contributed by atoms with E-state index in [1.807, 2.05) is 45.0 Å². The molecular weight excluding hydrogens is 492 g/mol. The molecule has 10 heteroatoms. The molecule has 0 radical (unpaired) electrons. The first-order valence-electron chi connectivity index (χ1n) is 12.0. The number of carboxylic acids is 1. The van der Waals surface area contributed by atoms with Gasteiger partial charge in [-0.05, 0) is 29.3 Å². The Morgan fingerprint density at radius 2 is 1.62 bits per heavy atom. The number of nitrogens with two attached hydrogens (primary N) is 1. The number of rotatable bonds is 11. The zero-order valence-corrected chi connectivity index (χ0v) is 22.0. The average molecular weight is 527 g/mol. The van der Waals surface area contributed by atoms with Gasteiger partial charge in [0.2, 0.25) is 11.8 Å². The molecule has 0 saturated carbocycles. The van der Waals surface area contributed by atoms with Gasteiger partial charge in [0.1, 0.15) is 17.8 Å². The Labute approximate surface area is 220 Å².